The second-order valence-electron chi connectivity index (χ2n) is 7.70. The van der Waals surface area contributed by atoms with Crippen LogP contribution in [0.5, 0.6) is 0 Å². The second-order valence-corrected chi connectivity index (χ2v) is 7.70. The Hall–Kier alpha value is -0.610. The molecular weight excluding hydrogens is 274 g/mol. The van der Waals surface area contributed by atoms with Gasteiger partial charge in [0.15, 0.2) is 0 Å². The third kappa shape index (κ3) is 3.83. The molecule has 0 aromatic heterocycles. The first-order valence-electron chi connectivity index (χ1n) is 9.18. The first-order valence-corrected chi connectivity index (χ1v) is 9.18. The van der Waals surface area contributed by atoms with Crippen molar-refractivity contribution < 1.29 is 4.79 Å². The molecule has 0 aromatic rings. The summed E-state index contributed by atoms with van der Waals surface area (Å²) < 4.78 is 0. The van der Waals surface area contributed by atoms with Crippen molar-refractivity contribution in [2.45, 2.75) is 53.0 Å². The SMILES string of the molecule is CC.CC(C)N1CCC(CC(=O)N2CC3(CN(C)C3)C2)CC1. The van der Waals surface area contributed by atoms with Crippen molar-refractivity contribution in [1.82, 2.24) is 14.7 Å². The summed E-state index contributed by atoms with van der Waals surface area (Å²) in [5, 5.41) is 0. The van der Waals surface area contributed by atoms with E-state index in [9.17, 15) is 4.79 Å². The van der Waals surface area contributed by atoms with Crippen molar-refractivity contribution in [3.8, 4) is 0 Å². The van der Waals surface area contributed by atoms with E-state index < -0.39 is 0 Å². The lowest BCUT2D eigenvalue weighted by Gasteiger charge is -2.59. The molecule has 22 heavy (non-hydrogen) atoms. The van der Waals surface area contributed by atoms with Gasteiger partial charge >= 0.3 is 0 Å². The Morgan fingerprint density at radius 3 is 2.09 bits per heavy atom. The standard InChI is InChI=1S/C16H29N3O.C2H6/c1-13(2)18-6-4-14(5-7-18)8-15(20)19-11-16(12-19)9-17(3)10-16;1-2/h13-14H,4-12H2,1-3H3;1-2H3. The van der Waals surface area contributed by atoms with Crippen LogP contribution in [0.15, 0.2) is 0 Å². The van der Waals surface area contributed by atoms with Gasteiger partial charge in [-0.3, -0.25) is 4.79 Å². The van der Waals surface area contributed by atoms with Gasteiger partial charge in [0.1, 0.15) is 0 Å². The molecular formula is C18H35N3O. The second kappa shape index (κ2) is 7.31. The summed E-state index contributed by atoms with van der Waals surface area (Å²) in [7, 11) is 2.16. The van der Waals surface area contributed by atoms with Crippen LogP contribution in [-0.2, 0) is 4.79 Å². The van der Waals surface area contributed by atoms with Gasteiger partial charge in [-0.2, -0.15) is 0 Å². The van der Waals surface area contributed by atoms with E-state index in [4.69, 9.17) is 0 Å². The number of hydrogen-bond donors (Lipinski definition) is 0. The van der Waals surface area contributed by atoms with Crippen molar-refractivity contribution in [2.75, 3.05) is 46.3 Å². The van der Waals surface area contributed by atoms with Crippen molar-refractivity contribution in [1.29, 1.82) is 0 Å². The largest absolute Gasteiger partial charge is 0.341 e. The Morgan fingerprint density at radius 1 is 1.09 bits per heavy atom. The quantitative estimate of drug-likeness (QED) is 0.800. The molecule has 4 heteroatoms. The van der Waals surface area contributed by atoms with Crippen LogP contribution in [0.2, 0.25) is 0 Å². The van der Waals surface area contributed by atoms with E-state index in [1.165, 1.54) is 39.0 Å². The minimum absolute atomic E-state index is 0.410. The van der Waals surface area contributed by atoms with Crippen LogP contribution in [-0.4, -0.2) is 73.0 Å². The van der Waals surface area contributed by atoms with Gasteiger partial charge in [-0.15, -0.1) is 0 Å². The first kappa shape index (κ1) is 17.7. The van der Waals surface area contributed by atoms with E-state index in [1.54, 1.807) is 0 Å². The van der Waals surface area contributed by atoms with Gasteiger partial charge in [0.25, 0.3) is 0 Å². The predicted octanol–water partition coefficient (Wildman–Crippen LogP) is 2.30. The maximum absolute atomic E-state index is 12.3. The molecule has 4 nitrogen and oxygen atoms in total. The number of rotatable bonds is 3. The number of piperidine rings is 1. The zero-order valence-electron chi connectivity index (χ0n) is 15.3. The average molecular weight is 309 g/mol. The smallest absolute Gasteiger partial charge is 0.222 e. The van der Waals surface area contributed by atoms with Gasteiger partial charge in [0.05, 0.1) is 0 Å². The summed E-state index contributed by atoms with van der Waals surface area (Å²) >= 11 is 0. The molecule has 0 saturated carbocycles. The fourth-order valence-electron chi connectivity index (χ4n) is 4.29. The van der Waals surface area contributed by atoms with Crippen molar-refractivity contribution >= 4 is 5.91 Å². The van der Waals surface area contributed by atoms with E-state index in [2.05, 4.69) is 35.6 Å². The number of carbonyl (C=O) groups is 1. The normalized spacial score (nSPS) is 25.5. The third-order valence-corrected chi connectivity index (χ3v) is 5.46. The summed E-state index contributed by atoms with van der Waals surface area (Å²) in [4.78, 5) is 19.3. The lowest BCUT2D eigenvalue weighted by Crippen LogP contribution is -2.72. The first-order chi connectivity index (χ1) is 10.5. The highest BCUT2D eigenvalue weighted by Crippen LogP contribution is 2.39. The summed E-state index contributed by atoms with van der Waals surface area (Å²) in [5.74, 6) is 1.03. The van der Waals surface area contributed by atoms with Gasteiger partial charge < -0.3 is 14.7 Å². The van der Waals surface area contributed by atoms with Crippen molar-refractivity contribution in [3.63, 3.8) is 0 Å². The monoisotopic (exact) mass is 309 g/mol. The van der Waals surface area contributed by atoms with Crippen molar-refractivity contribution in [2.24, 2.45) is 11.3 Å². The van der Waals surface area contributed by atoms with E-state index in [0.29, 0.717) is 23.3 Å². The predicted molar refractivity (Wildman–Crippen MR) is 91.9 cm³/mol. The molecule has 3 rings (SSSR count). The van der Waals surface area contributed by atoms with Crippen LogP contribution in [0.3, 0.4) is 0 Å². The van der Waals surface area contributed by atoms with E-state index in [0.717, 1.165) is 19.5 Å². The molecule has 1 amide bonds. The molecule has 0 bridgehead atoms. The molecule has 0 aliphatic carbocycles. The number of amides is 1. The lowest BCUT2D eigenvalue weighted by atomic mass is 9.73. The van der Waals surface area contributed by atoms with Crippen LogP contribution in [0, 0.1) is 11.3 Å². The summed E-state index contributed by atoms with van der Waals surface area (Å²) in [5.41, 5.74) is 0.478. The Bertz CT molecular complexity index is 361. The Balaban J connectivity index is 0.000000847. The van der Waals surface area contributed by atoms with Crippen LogP contribution in [0.4, 0.5) is 0 Å². The zero-order valence-corrected chi connectivity index (χ0v) is 15.3. The average Bonchev–Trinajstić information content (AvgIpc) is 2.44. The number of nitrogens with zero attached hydrogens (tertiary/aromatic N) is 3. The lowest BCUT2D eigenvalue weighted by molar-refractivity contribution is -0.157. The molecule has 3 saturated heterocycles. The molecule has 0 atom stereocenters. The van der Waals surface area contributed by atoms with Gasteiger partial charge in [-0.05, 0) is 52.7 Å². The van der Waals surface area contributed by atoms with Crippen molar-refractivity contribution in [3.05, 3.63) is 0 Å². The molecule has 128 valence electrons. The summed E-state index contributed by atoms with van der Waals surface area (Å²) in [6.45, 7) is 15.3. The minimum atomic E-state index is 0.410. The summed E-state index contributed by atoms with van der Waals surface area (Å²) in [6.07, 6.45) is 3.19. The molecule has 3 aliphatic heterocycles. The molecule has 0 aromatic carbocycles. The van der Waals surface area contributed by atoms with Gasteiger partial charge in [0, 0.05) is 44.1 Å². The third-order valence-electron chi connectivity index (χ3n) is 5.46. The summed E-state index contributed by atoms with van der Waals surface area (Å²) in [6, 6.07) is 0.650. The maximum Gasteiger partial charge on any atom is 0.222 e. The van der Waals surface area contributed by atoms with Gasteiger partial charge in [0.2, 0.25) is 5.91 Å². The maximum atomic E-state index is 12.3. The molecule has 0 unspecified atom stereocenters. The fourth-order valence-corrected chi connectivity index (χ4v) is 4.29. The molecule has 3 fully saturated rings. The molecule has 3 heterocycles. The highest BCUT2D eigenvalue weighted by atomic mass is 16.2. The van der Waals surface area contributed by atoms with Crippen LogP contribution in [0.25, 0.3) is 0 Å². The number of likely N-dealkylation sites (tertiary alicyclic amines) is 3. The Labute approximate surface area is 136 Å². The topological polar surface area (TPSA) is 26.8 Å². The zero-order chi connectivity index (χ0) is 16.3. The Kier molecular flexibility index (Phi) is 5.89. The highest BCUT2D eigenvalue weighted by molar-refractivity contribution is 5.77. The van der Waals surface area contributed by atoms with Crippen LogP contribution < -0.4 is 0 Å². The van der Waals surface area contributed by atoms with Gasteiger partial charge in [-0.1, -0.05) is 13.8 Å². The van der Waals surface area contributed by atoms with Crippen LogP contribution in [0.1, 0.15) is 47.0 Å². The van der Waals surface area contributed by atoms with E-state index in [1.807, 2.05) is 13.8 Å². The fraction of sp³-hybridized carbons (Fsp3) is 0.944. The van der Waals surface area contributed by atoms with E-state index in [-0.39, 0.29) is 0 Å². The van der Waals surface area contributed by atoms with Crippen LogP contribution >= 0.6 is 0 Å². The Morgan fingerprint density at radius 2 is 1.64 bits per heavy atom. The number of hydrogen-bond acceptors (Lipinski definition) is 3. The highest BCUT2D eigenvalue weighted by Gasteiger charge is 2.51. The van der Waals surface area contributed by atoms with E-state index >= 15 is 0 Å². The minimum Gasteiger partial charge on any atom is -0.341 e. The number of carbonyl (C=O) groups excluding carboxylic acids is 1. The molecule has 0 radical (unpaired) electrons. The molecule has 3 aliphatic rings. The molecule has 1 spiro atoms. The molecule has 0 N–H and O–H groups in total. The van der Waals surface area contributed by atoms with Gasteiger partial charge in [-0.25, -0.2) is 0 Å².